The van der Waals surface area contributed by atoms with Crippen molar-refractivity contribution in [1.82, 2.24) is 5.32 Å². The highest BCUT2D eigenvalue weighted by atomic mass is 16.3. The summed E-state index contributed by atoms with van der Waals surface area (Å²) in [7, 11) is 0. The summed E-state index contributed by atoms with van der Waals surface area (Å²) in [5, 5.41) is 24.1. The lowest BCUT2D eigenvalue weighted by molar-refractivity contribution is 0.263. The molecule has 130 valence electrons. The molecule has 3 N–H and O–H groups in total. The molecule has 0 amide bonds. The molecule has 0 aromatic heterocycles. The average molecular weight is 327 g/mol. The SMILES string of the molecule is Oc1ccc2c(c1O)CC1(CCCCCCCC1)C1=C2CNCC1. The van der Waals surface area contributed by atoms with Gasteiger partial charge in [-0.05, 0) is 54.8 Å². The zero-order valence-corrected chi connectivity index (χ0v) is 14.5. The summed E-state index contributed by atoms with van der Waals surface area (Å²) in [6.07, 6.45) is 12.5. The first-order chi connectivity index (χ1) is 11.7. The van der Waals surface area contributed by atoms with Gasteiger partial charge in [0.25, 0.3) is 0 Å². The van der Waals surface area contributed by atoms with Gasteiger partial charge in [-0.2, -0.15) is 0 Å². The first kappa shape index (κ1) is 16.0. The van der Waals surface area contributed by atoms with Crippen molar-refractivity contribution in [2.24, 2.45) is 5.41 Å². The predicted octanol–water partition coefficient (Wildman–Crippen LogP) is 4.52. The Labute approximate surface area is 144 Å². The summed E-state index contributed by atoms with van der Waals surface area (Å²) in [4.78, 5) is 0. The second-order valence-corrected chi connectivity index (χ2v) is 7.92. The molecule has 1 spiro atoms. The van der Waals surface area contributed by atoms with E-state index >= 15 is 0 Å². The molecule has 3 nitrogen and oxygen atoms in total. The van der Waals surface area contributed by atoms with E-state index in [-0.39, 0.29) is 16.9 Å². The molecule has 1 aliphatic heterocycles. The van der Waals surface area contributed by atoms with Crippen LogP contribution in [-0.2, 0) is 6.42 Å². The average Bonchev–Trinajstić information content (AvgIpc) is 2.72. The largest absolute Gasteiger partial charge is 0.504 e. The zero-order chi connectivity index (χ0) is 16.6. The Morgan fingerprint density at radius 3 is 2.38 bits per heavy atom. The molecule has 0 unspecified atom stereocenters. The third-order valence-corrected chi connectivity index (χ3v) is 6.52. The molecule has 3 aliphatic rings. The highest BCUT2D eigenvalue weighted by Gasteiger charge is 2.41. The quantitative estimate of drug-likeness (QED) is 0.614. The summed E-state index contributed by atoms with van der Waals surface area (Å²) in [5.41, 5.74) is 5.41. The summed E-state index contributed by atoms with van der Waals surface area (Å²) in [6, 6.07) is 3.66. The molecule has 1 heterocycles. The van der Waals surface area contributed by atoms with Crippen LogP contribution in [-0.4, -0.2) is 23.3 Å². The molecule has 24 heavy (non-hydrogen) atoms. The van der Waals surface area contributed by atoms with Crippen LogP contribution in [0.15, 0.2) is 17.7 Å². The van der Waals surface area contributed by atoms with E-state index in [4.69, 9.17) is 0 Å². The van der Waals surface area contributed by atoms with Crippen LogP contribution in [0, 0.1) is 5.41 Å². The van der Waals surface area contributed by atoms with Crippen LogP contribution in [0.5, 0.6) is 11.5 Å². The highest BCUT2D eigenvalue weighted by Crippen LogP contribution is 2.54. The fourth-order valence-corrected chi connectivity index (χ4v) is 5.30. The van der Waals surface area contributed by atoms with Gasteiger partial charge in [0.1, 0.15) is 0 Å². The Morgan fingerprint density at radius 2 is 1.62 bits per heavy atom. The number of hydrogen-bond donors (Lipinski definition) is 3. The van der Waals surface area contributed by atoms with Crippen LogP contribution >= 0.6 is 0 Å². The lowest BCUT2D eigenvalue weighted by Gasteiger charge is -2.44. The number of benzene rings is 1. The van der Waals surface area contributed by atoms with Gasteiger partial charge in [0, 0.05) is 12.1 Å². The van der Waals surface area contributed by atoms with Gasteiger partial charge in [-0.3, -0.25) is 0 Å². The van der Waals surface area contributed by atoms with Gasteiger partial charge in [-0.15, -0.1) is 0 Å². The minimum atomic E-state index is 0.0276. The van der Waals surface area contributed by atoms with Gasteiger partial charge >= 0.3 is 0 Å². The number of phenolic OH excluding ortho intramolecular Hbond substituents is 2. The zero-order valence-electron chi connectivity index (χ0n) is 14.5. The number of fused-ring (bicyclic) bond motifs is 3. The standard InChI is InChI=1S/C21H29NO2/c23-19-8-7-15-16(20(19)24)13-21(18-9-12-22-14-17(15)18)10-5-3-1-2-4-6-11-21/h7-8,22-24H,1-6,9-14H2. The van der Waals surface area contributed by atoms with Crippen molar-refractivity contribution < 1.29 is 10.2 Å². The Kier molecular flexibility index (Phi) is 4.29. The summed E-state index contributed by atoms with van der Waals surface area (Å²) >= 11 is 0. The number of aromatic hydroxyl groups is 2. The molecule has 2 aliphatic carbocycles. The van der Waals surface area contributed by atoms with E-state index in [2.05, 4.69) is 5.32 Å². The van der Waals surface area contributed by atoms with Gasteiger partial charge in [0.15, 0.2) is 11.5 Å². The molecule has 0 atom stereocenters. The van der Waals surface area contributed by atoms with Crippen molar-refractivity contribution in [1.29, 1.82) is 0 Å². The molecule has 1 fully saturated rings. The molecule has 3 heteroatoms. The van der Waals surface area contributed by atoms with E-state index in [1.807, 2.05) is 6.07 Å². The van der Waals surface area contributed by atoms with Crippen LogP contribution in [0.1, 0.15) is 68.9 Å². The minimum Gasteiger partial charge on any atom is -0.504 e. The molecular weight excluding hydrogens is 298 g/mol. The fourth-order valence-electron chi connectivity index (χ4n) is 5.30. The Balaban J connectivity index is 1.84. The first-order valence-electron chi connectivity index (χ1n) is 9.69. The predicted molar refractivity (Wildman–Crippen MR) is 97.3 cm³/mol. The van der Waals surface area contributed by atoms with Crippen LogP contribution in [0.2, 0.25) is 0 Å². The topological polar surface area (TPSA) is 52.5 Å². The van der Waals surface area contributed by atoms with Crippen molar-refractivity contribution in [2.45, 2.75) is 64.2 Å². The van der Waals surface area contributed by atoms with E-state index in [0.29, 0.717) is 0 Å². The van der Waals surface area contributed by atoms with Crippen molar-refractivity contribution in [3.63, 3.8) is 0 Å². The Hall–Kier alpha value is -1.48. The van der Waals surface area contributed by atoms with Crippen LogP contribution in [0.25, 0.3) is 5.57 Å². The molecular formula is C21H29NO2. The van der Waals surface area contributed by atoms with Crippen molar-refractivity contribution in [3.8, 4) is 11.5 Å². The number of rotatable bonds is 0. The highest BCUT2D eigenvalue weighted by molar-refractivity contribution is 5.79. The Bertz CT molecular complexity index is 652. The maximum Gasteiger partial charge on any atom is 0.161 e. The van der Waals surface area contributed by atoms with Crippen LogP contribution in [0.4, 0.5) is 0 Å². The minimum absolute atomic E-state index is 0.0276. The fraction of sp³-hybridized carbons (Fsp3) is 0.619. The normalized spacial score (nSPS) is 23.8. The van der Waals surface area contributed by atoms with Crippen molar-refractivity contribution in [2.75, 3.05) is 13.1 Å². The molecule has 0 bridgehead atoms. The second kappa shape index (κ2) is 6.44. The van der Waals surface area contributed by atoms with Gasteiger partial charge in [0.2, 0.25) is 0 Å². The molecule has 0 radical (unpaired) electrons. The number of hydrogen-bond acceptors (Lipinski definition) is 3. The smallest absolute Gasteiger partial charge is 0.161 e. The van der Waals surface area contributed by atoms with E-state index < -0.39 is 0 Å². The number of phenols is 2. The van der Waals surface area contributed by atoms with Gasteiger partial charge in [0.05, 0.1) is 0 Å². The van der Waals surface area contributed by atoms with Crippen LogP contribution < -0.4 is 5.32 Å². The van der Waals surface area contributed by atoms with Crippen molar-refractivity contribution in [3.05, 3.63) is 28.8 Å². The van der Waals surface area contributed by atoms with E-state index in [9.17, 15) is 10.2 Å². The lowest BCUT2D eigenvalue weighted by Crippen LogP contribution is -2.37. The maximum absolute atomic E-state index is 10.5. The second-order valence-electron chi connectivity index (χ2n) is 7.92. The van der Waals surface area contributed by atoms with E-state index in [0.717, 1.165) is 37.1 Å². The summed E-state index contributed by atoms with van der Waals surface area (Å²) in [6.45, 7) is 1.97. The van der Waals surface area contributed by atoms with Gasteiger partial charge < -0.3 is 15.5 Å². The van der Waals surface area contributed by atoms with Crippen molar-refractivity contribution >= 4 is 5.57 Å². The first-order valence-corrected chi connectivity index (χ1v) is 9.69. The monoisotopic (exact) mass is 327 g/mol. The summed E-state index contributed by atoms with van der Waals surface area (Å²) in [5.74, 6) is 0.142. The van der Waals surface area contributed by atoms with Gasteiger partial charge in [-0.1, -0.05) is 50.2 Å². The third kappa shape index (κ3) is 2.63. The Morgan fingerprint density at radius 1 is 0.917 bits per heavy atom. The molecule has 1 aromatic carbocycles. The maximum atomic E-state index is 10.5. The molecule has 1 saturated carbocycles. The van der Waals surface area contributed by atoms with Crippen LogP contribution in [0.3, 0.4) is 0 Å². The summed E-state index contributed by atoms with van der Waals surface area (Å²) < 4.78 is 0. The molecule has 1 aromatic rings. The van der Waals surface area contributed by atoms with E-state index in [1.54, 1.807) is 11.6 Å². The molecule has 4 rings (SSSR count). The van der Waals surface area contributed by atoms with Gasteiger partial charge in [-0.25, -0.2) is 0 Å². The molecule has 0 saturated heterocycles. The lowest BCUT2D eigenvalue weighted by atomic mass is 9.61. The number of nitrogens with one attached hydrogen (secondary N) is 1. The third-order valence-electron chi connectivity index (χ3n) is 6.52. The van der Waals surface area contributed by atoms with E-state index in [1.165, 1.54) is 56.9 Å².